The maximum atomic E-state index is 11.0. The highest BCUT2D eigenvalue weighted by Gasteiger charge is 2.31. The van der Waals surface area contributed by atoms with Crippen molar-refractivity contribution >= 4 is 0 Å². The van der Waals surface area contributed by atoms with Gasteiger partial charge in [0, 0.05) is 25.2 Å². The molecule has 1 N–H and O–H groups in total. The number of rotatable bonds is 5. The van der Waals surface area contributed by atoms with E-state index in [2.05, 4.69) is 29.9 Å². The summed E-state index contributed by atoms with van der Waals surface area (Å²) in [5.41, 5.74) is 1.67. The molecule has 1 aromatic heterocycles. The Morgan fingerprint density at radius 3 is 2.80 bits per heavy atom. The Labute approximate surface area is 122 Å². The van der Waals surface area contributed by atoms with Crippen molar-refractivity contribution in [3.05, 3.63) is 17.5 Å². The second-order valence-corrected chi connectivity index (χ2v) is 6.19. The summed E-state index contributed by atoms with van der Waals surface area (Å²) in [4.78, 5) is 2.49. The molecule has 0 spiro atoms. The van der Waals surface area contributed by atoms with Crippen LogP contribution in [0.15, 0.2) is 6.07 Å². The van der Waals surface area contributed by atoms with Gasteiger partial charge in [0.1, 0.15) is 0 Å². The van der Waals surface area contributed by atoms with E-state index < -0.39 is 5.60 Å². The fraction of sp³-hybridized carbons (Fsp3) is 0.812. The second kappa shape index (κ2) is 6.72. The molecular formula is C16H29N3O. The molecule has 0 aromatic carbocycles. The van der Waals surface area contributed by atoms with E-state index in [0.717, 1.165) is 57.6 Å². The van der Waals surface area contributed by atoms with Crippen molar-refractivity contribution in [3.63, 3.8) is 0 Å². The molecule has 0 amide bonds. The number of nitrogens with zero attached hydrogens (tertiary/aromatic N) is 3. The van der Waals surface area contributed by atoms with Crippen molar-refractivity contribution < 1.29 is 5.11 Å². The Kier molecular flexibility index (Phi) is 5.22. The zero-order valence-electron chi connectivity index (χ0n) is 13.2. The van der Waals surface area contributed by atoms with Crippen LogP contribution in [-0.4, -0.2) is 45.0 Å². The molecule has 1 atom stereocenters. The standard InChI is InChI=1S/C16H29N3O/c1-4-9-18-10-6-7-16(20,8-11-18)13-15-12-14(3)17-19(15)5-2/h12,20H,4-11,13H2,1-3H3. The molecule has 2 heterocycles. The summed E-state index contributed by atoms with van der Waals surface area (Å²) in [7, 11) is 0. The van der Waals surface area contributed by atoms with Gasteiger partial charge in [-0.3, -0.25) is 4.68 Å². The van der Waals surface area contributed by atoms with Crippen LogP contribution in [0.5, 0.6) is 0 Å². The average Bonchev–Trinajstić information content (AvgIpc) is 2.64. The highest BCUT2D eigenvalue weighted by atomic mass is 16.3. The Hall–Kier alpha value is -0.870. The quantitative estimate of drug-likeness (QED) is 0.900. The van der Waals surface area contributed by atoms with Gasteiger partial charge in [-0.05, 0) is 58.7 Å². The maximum Gasteiger partial charge on any atom is 0.0715 e. The molecule has 1 aliphatic rings. The lowest BCUT2D eigenvalue weighted by atomic mass is 9.89. The van der Waals surface area contributed by atoms with Gasteiger partial charge in [0.05, 0.1) is 11.3 Å². The smallest absolute Gasteiger partial charge is 0.0715 e. The number of hydrogen-bond acceptors (Lipinski definition) is 3. The highest BCUT2D eigenvalue weighted by Crippen LogP contribution is 2.27. The van der Waals surface area contributed by atoms with Crippen LogP contribution in [0, 0.1) is 6.92 Å². The molecule has 1 aliphatic heterocycles. The fourth-order valence-corrected chi connectivity index (χ4v) is 3.30. The third-order valence-corrected chi connectivity index (χ3v) is 4.34. The molecule has 0 bridgehead atoms. The normalized spacial score (nSPS) is 24.8. The number of aliphatic hydroxyl groups is 1. The van der Waals surface area contributed by atoms with Crippen LogP contribution >= 0.6 is 0 Å². The zero-order valence-corrected chi connectivity index (χ0v) is 13.2. The Bertz CT molecular complexity index is 429. The van der Waals surface area contributed by atoms with Gasteiger partial charge in [-0.2, -0.15) is 5.10 Å². The number of likely N-dealkylation sites (tertiary alicyclic amines) is 1. The molecule has 2 rings (SSSR count). The second-order valence-electron chi connectivity index (χ2n) is 6.19. The Balaban J connectivity index is 2.03. The first-order chi connectivity index (χ1) is 9.56. The summed E-state index contributed by atoms with van der Waals surface area (Å²) in [6.45, 7) is 10.5. The lowest BCUT2D eigenvalue weighted by Gasteiger charge is -2.27. The monoisotopic (exact) mass is 279 g/mol. The number of aryl methyl sites for hydroxylation is 2. The largest absolute Gasteiger partial charge is 0.389 e. The van der Waals surface area contributed by atoms with Crippen LogP contribution < -0.4 is 0 Å². The van der Waals surface area contributed by atoms with Gasteiger partial charge in [0.25, 0.3) is 0 Å². The summed E-state index contributed by atoms with van der Waals surface area (Å²) in [5.74, 6) is 0. The zero-order chi connectivity index (χ0) is 14.6. The van der Waals surface area contributed by atoms with Crippen molar-refractivity contribution in [1.29, 1.82) is 0 Å². The first-order valence-electron chi connectivity index (χ1n) is 8.04. The number of aromatic nitrogens is 2. The third-order valence-electron chi connectivity index (χ3n) is 4.34. The van der Waals surface area contributed by atoms with Crippen LogP contribution in [0.1, 0.15) is 50.9 Å². The minimum atomic E-state index is -0.554. The SMILES string of the molecule is CCCN1CCCC(O)(Cc2cc(C)nn2CC)CC1. The minimum absolute atomic E-state index is 0.554. The van der Waals surface area contributed by atoms with E-state index in [0.29, 0.717) is 0 Å². The highest BCUT2D eigenvalue weighted by molar-refractivity contribution is 5.12. The molecule has 4 nitrogen and oxygen atoms in total. The predicted molar refractivity (Wildman–Crippen MR) is 81.9 cm³/mol. The maximum absolute atomic E-state index is 11.0. The summed E-state index contributed by atoms with van der Waals surface area (Å²) in [6, 6.07) is 2.12. The van der Waals surface area contributed by atoms with Crippen molar-refractivity contribution in [2.45, 2.75) is 65.0 Å². The molecule has 114 valence electrons. The van der Waals surface area contributed by atoms with Gasteiger partial charge >= 0.3 is 0 Å². The van der Waals surface area contributed by atoms with E-state index in [1.165, 1.54) is 12.1 Å². The van der Waals surface area contributed by atoms with Crippen LogP contribution in [0.2, 0.25) is 0 Å². The van der Waals surface area contributed by atoms with E-state index in [9.17, 15) is 5.11 Å². The Morgan fingerprint density at radius 2 is 2.10 bits per heavy atom. The Morgan fingerprint density at radius 1 is 1.30 bits per heavy atom. The topological polar surface area (TPSA) is 41.3 Å². The van der Waals surface area contributed by atoms with Gasteiger partial charge in [-0.1, -0.05) is 6.92 Å². The molecule has 0 aliphatic carbocycles. The summed E-state index contributed by atoms with van der Waals surface area (Å²) < 4.78 is 2.03. The molecule has 0 radical (unpaired) electrons. The number of hydrogen-bond donors (Lipinski definition) is 1. The van der Waals surface area contributed by atoms with Gasteiger partial charge in [0.2, 0.25) is 0 Å². The average molecular weight is 279 g/mol. The summed E-state index contributed by atoms with van der Waals surface area (Å²) >= 11 is 0. The van der Waals surface area contributed by atoms with Crippen molar-refractivity contribution in [1.82, 2.24) is 14.7 Å². The van der Waals surface area contributed by atoms with E-state index >= 15 is 0 Å². The summed E-state index contributed by atoms with van der Waals surface area (Å²) in [5, 5.41) is 15.4. The van der Waals surface area contributed by atoms with Crippen molar-refractivity contribution in [3.8, 4) is 0 Å². The fourth-order valence-electron chi connectivity index (χ4n) is 3.30. The first kappa shape index (κ1) is 15.5. The molecule has 1 unspecified atom stereocenters. The third kappa shape index (κ3) is 3.83. The van der Waals surface area contributed by atoms with Crippen molar-refractivity contribution in [2.75, 3.05) is 19.6 Å². The van der Waals surface area contributed by atoms with Gasteiger partial charge in [-0.25, -0.2) is 0 Å². The molecule has 4 heteroatoms. The molecular weight excluding hydrogens is 250 g/mol. The van der Waals surface area contributed by atoms with Gasteiger partial charge in [0.15, 0.2) is 0 Å². The minimum Gasteiger partial charge on any atom is -0.389 e. The molecule has 20 heavy (non-hydrogen) atoms. The summed E-state index contributed by atoms with van der Waals surface area (Å²) in [6.07, 6.45) is 4.81. The molecule has 1 saturated heterocycles. The van der Waals surface area contributed by atoms with Gasteiger partial charge < -0.3 is 10.0 Å². The van der Waals surface area contributed by atoms with E-state index in [1.54, 1.807) is 0 Å². The van der Waals surface area contributed by atoms with Crippen LogP contribution in [0.4, 0.5) is 0 Å². The lowest BCUT2D eigenvalue weighted by molar-refractivity contribution is 0.0238. The van der Waals surface area contributed by atoms with Crippen LogP contribution in [-0.2, 0) is 13.0 Å². The van der Waals surface area contributed by atoms with Crippen LogP contribution in [0.25, 0.3) is 0 Å². The molecule has 1 aromatic rings. The lowest BCUT2D eigenvalue weighted by Crippen LogP contribution is -2.34. The molecule has 0 saturated carbocycles. The predicted octanol–water partition coefficient (Wildman–Crippen LogP) is 2.38. The van der Waals surface area contributed by atoms with E-state index in [4.69, 9.17) is 0 Å². The van der Waals surface area contributed by atoms with E-state index in [-0.39, 0.29) is 0 Å². The van der Waals surface area contributed by atoms with Crippen molar-refractivity contribution in [2.24, 2.45) is 0 Å². The van der Waals surface area contributed by atoms with Crippen LogP contribution in [0.3, 0.4) is 0 Å². The molecule has 1 fully saturated rings. The van der Waals surface area contributed by atoms with E-state index in [1.807, 2.05) is 11.6 Å². The van der Waals surface area contributed by atoms with Gasteiger partial charge in [-0.15, -0.1) is 0 Å². The first-order valence-corrected chi connectivity index (χ1v) is 8.04.